The molecule has 0 aliphatic heterocycles. The van der Waals surface area contributed by atoms with Gasteiger partial charge in [0.25, 0.3) is 0 Å². The minimum atomic E-state index is -3.97. The van der Waals surface area contributed by atoms with Crippen LogP contribution in [0.15, 0.2) is 46.1 Å². The molecule has 0 aliphatic rings. The second-order valence-corrected chi connectivity index (χ2v) is 8.25. The number of hydrogen-bond acceptors (Lipinski definition) is 8. The number of amides is 1. The fourth-order valence-corrected chi connectivity index (χ4v) is 4.26. The molecule has 2 N–H and O–H groups in total. The van der Waals surface area contributed by atoms with E-state index < -0.39 is 22.0 Å². The van der Waals surface area contributed by atoms with Gasteiger partial charge >= 0.3 is 6.01 Å². The van der Waals surface area contributed by atoms with Gasteiger partial charge in [-0.2, -0.15) is 4.72 Å². The number of nitrogens with zero attached hydrogens (tertiary/aromatic N) is 3. The number of rotatable bonds is 7. The Bertz CT molecular complexity index is 1140. The predicted octanol–water partition coefficient (Wildman–Crippen LogP) is 2.49. The third-order valence-electron chi connectivity index (χ3n) is 4.17. The van der Waals surface area contributed by atoms with E-state index in [1.165, 1.54) is 20.8 Å². The summed E-state index contributed by atoms with van der Waals surface area (Å²) in [6, 6.07) is 5.87. The fourth-order valence-electron chi connectivity index (χ4n) is 2.73. The first kappa shape index (κ1) is 21.4. The first-order valence-electron chi connectivity index (χ1n) is 8.99. The van der Waals surface area contributed by atoms with E-state index in [0.717, 1.165) is 5.56 Å². The van der Waals surface area contributed by atoms with Crippen molar-refractivity contribution in [2.45, 2.75) is 38.6 Å². The summed E-state index contributed by atoms with van der Waals surface area (Å²) < 4.78 is 37.9. The molecule has 158 valence electrons. The normalized spacial score (nSPS) is 12.4. The van der Waals surface area contributed by atoms with Crippen LogP contribution in [0.4, 0.5) is 5.69 Å². The molecule has 2 heterocycles. The maximum absolute atomic E-state index is 12.6. The van der Waals surface area contributed by atoms with Crippen LogP contribution in [-0.4, -0.2) is 35.5 Å². The highest BCUT2D eigenvalue weighted by atomic mass is 32.2. The van der Waals surface area contributed by atoms with Gasteiger partial charge in [0, 0.05) is 18.1 Å². The summed E-state index contributed by atoms with van der Waals surface area (Å²) in [5, 5.41) is 6.34. The van der Waals surface area contributed by atoms with E-state index in [1.54, 1.807) is 43.6 Å². The lowest BCUT2D eigenvalue weighted by Gasteiger charge is -2.16. The number of carbonyl (C=O) groups excluding carboxylic acids is 1. The van der Waals surface area contributed by atoms with Gasteiger partial charge < -0.3 is 14.6 Å². The highest BCUT2D eigenvalue weighted by Crippen LogP contribution is 2.24. The van der Waals surface area contributed by atoms with Crippen LogP contribution in [-0.2, 0) is 14.8 Å². The lowest BCUT2D eigenvalue weighted by atomic mass is 10.2. The number of aryl methyl sites for hydroxylation is 3. The van der Waals surface area contributed by atoms with Crippen molar-refractivity contribution < 1.29 is 22.5 Å². The molecule has 0 saturated carbocycles. The van der Waals surface area contributed by atoms with Crippen LogP contribution in [0.25, 0.3) is 0 Å². The van der Waals surface area contributed by atoms with Gasteiger partial charge in [-0.05, 0) is 57.5 Å². The molecule has 10 nitrogen and oxygen atoms in total. The Morgan fingerprint density at radius 2 is 1.87 bits per heavy atom. The summed E-state index contributed by atoms with van der Waals surface area (Å²) >= 11 is 0. The van der Waals surface area contributed by atoms with Crippen LogP contribution < -0.4 is 14.8 Å². The quantitative estimate of drug-likeness (QED) is 0.582. The number of sulfonamides is 1. The number of benzene rings is 1. The van der Waals surface area contributed by atoms with Crippen LogP contribution in [0.1, 0.15) is 23.9 Å². The van der Waals surface area contributed by atoms with E-state index in [0.29, 0.717) is 11.4 Å². The first-order chi connectivity index (χ1) is 14.2. The van der Waals surface area contributed by atoms with Crippen LogP contribution in [0, 0.1) is 20.8 Å². The standard InChI is InChI=1S/C19H21N5O5S/c1-11-10-15(28-19-20-8-5-9-21-19)6-7-16(11)22-18(25)13(3)24-30(26,27)17-12(2)23-29-14(17)4/h5-10,13,24H,1-4H3,(H,22,25)/t13-/m0/s1. The van der Waals surface area contributed by atoms with Gasteiger partial charge in [0.15, 0.2) is 5.76 Å². The Kier molecular flexibility index (Phi) is 6.13. The van der Waals surface area contributed by atoms with Crippen LogP contribution >= 0.6 is 0 Å². The minimum absolute atomic E-state index is 0.0667. The van der Waals surface area contributed by atoms with Crippen molar-refractivity contribution in [2.75, 3.05) is 5.32 Å². The summed E-state index contributed by atoms with van der Waals surface area (Å²) in [4.78, 5) is 20.4. The van der Waals surface area contributed by atoms with Crippen LogP contribution in [0.2, 0.25) is 0 Å². The number of ether oxygens (including phenoxy) is 1. The van der Waals surface area contributed by atoms with Gasteiger partial charge in [-0.1, -0.05) is 5.16 Å². The van der Waals surface area contributed by atoms with Crippen molar-refractivity contribution >= 4 is 21.6 Å². The molecule has 2 aromatic heterocycles. The third kappa shape index (κ3) is 4.81. The van der Waals surface area contributed by atoms with Crippen molar-refractivity contribution in [1.29, 1.82) is 0 Å². The Morgan fingerprint density at radius 3 is 2.47 bits per heavy atom. The second-order valence-electron chi connectivity index (χ2n) is 6.60. The summed E-state index contributed by atoms with van der Waals surface area (Å²) in [7, 11) is -3.97. The van der Waals surface area contributed by atoms with E-state index in [1.807, 2.05) is 0 Å². The Balaban J connectivity index is 1.68. The maximum Gasteiger partial charge on any atom is 0.321 e. The molecular weight excluding hydrogens is 410 g/mol. The molecule has 0 saturated heterocycles. The fraction of sp³-hybridized carbons (Fsp3) is 0.263. The van der Waals surface area contributed by atoms with Gasteiger partial charge in [-0.3, -0.25) is 4.79 Å². The number of carbonyl (C=O) groups is 1. The largest absolute Gasteiger partial charge is 0.424 e. The average Bonchev–Trinajstić information content (AvgIpc) is 3.03. The van der Waals surface area contributed by atoms with Gasteiger partial charge in [0.1, 0.15) is 16.3 Å². The molecule has 3 aromatic rings. The van der Waals surface area contributed by atoms with Crippen LogP contribution in [0.5, 0.6) is 11.8 Å². The van der Waals surface area contributed by atoms with Gasteiger partial charge in [-0.25, -0.2) is 18.4 Å². The molecule has 0 radical (unpaired) electrons. The summed E-state index contributed by atoms with van der Waals surface area (Å²) in [5.74, 6) is 0.138. The van der Waals surface area contributed by atoms with Crippen LogP contribution in [0.3, 0.4) is 0 Å². The topological polar surface area (TPSA) is 136 Å². The number of aromatic nitrogens is 3. The molecule has 0 bridgehead atoms. The third-order valence-corrected chi connectivity index (χ3v) is 5.95. The first-order valence-corrected chi connectivity index (χ1v) is 10.5. The molecule has 1 amide bonds. The van der Waals surface area contributed by atoms with Gasteiger partial charge in [0.2, 0.25) is 15.9 Å². The van der Waals surface area contributed by atoms with Gasteiger partial charge in [0.05, 0.1) is 6.04 Å². The summed E-state index contributed by atoms with van der Waals surface area (Å²) in [6.45, 7) is 6.24. The lowest BCUT2D eigenvalue weighted by Crippen LogP contribution is -2.41. The number of hydrogen-bond donors (Lipinski definition) is 2. The molecule has 30 heavy (non-hydrogen) atoms. The molecular formula is C19H21N5O5S. The Labute approximate surface area is 173 Å². The molecule has 11 heteroatoms. The zero-order chi connectivity index (χ0) is 21.9. The van der Waals surface area contributed by atoms with E-state index in [-0.39, 0.29) is 22.4 Å². The number of nitrogens with one attached hydrogen (secondary N) is 2. The number of anilines is 1. The van der Waals surface area contributed by atoms with E-state index in [4.69, 9.17) is 9.26 Å². The van der Waals surface area contributed by atoms with E-state index in [9.17, 15) is 13.2 Å². The van der Waals surface area contributed by atoms with Crippen molar-refractivity contribution in [1.82, 2.24) is 19.8 Å². The molecule has 0 unspecified atom stereocenters. The zero-order valence-corrected chi connectivity index (χ0v) is 17.6. The van der Waals surface area contributed by atoms with E-state index >= 15 is 0 Å². The highest BCUT2D eigenvalue weighted by molar-refractivity contribution is 7.89. The van der Waals surface area contributed by atoms with Gasteiger partial charge in [-0.15, -0.1) is 0 Å². The lowest BCUT2D eigenvalue weighted by molar-refractivity contribution is -0.117. The van der Waals surface area contributed by atoms with Crippen molar-refractivity contribution in [3.8, 4) is 11.8 Å². The SMILES string of the molecule is Cc1cc(Oc2ncccn2)ccc1NC(=O)[C@H](C)NS(=O)(=O)c1c(C)noc1C. The van der Waals surface area contributed by atoms with Crippen molar-refractivity contribution in [3.05, 3.63) is 53.7 Å². The van der Waals surface area contributed by atoms with Crippen molar-refractivity contribution in [2.24, 2.45) is 0 Å². The van der Waals surface area contributed by atoms with Crippen molar-refractivity contribution in [3.63, 3.8) is 0 Å². The summed E-state index contributed by atoms with van der Waals surface area (Å²) in [5.41, 5.74) is 1.46. The summed E-state index contributed by atoms with van der Waals surface area (Å²) in [6.07, 6.45) is 3.13. The maximum atomic E-state index is 12.6. The average molecular weight is 431 g/mol. The smallest absolute Gasteiger partial charge is 0.321 e. The molecule has 0 aliphatic carbocycles. The Hall–Kier alpha value is -3.31. The molecule has 0 spiro atoms. The minimum Gasteiger partial charge on any atom is -0.424 e. The molecule has 1 atom stereocenters. The second kappa shape index (κ2) is 8.59. The molecule has 3 rings (SSSR count). The Morgan fingerprint density at radius 1 is 1.17 bits per heavy atom. The monoisotopic (exact) mass is 431 g/mol. The molecule has 0 fully saturated rings. The molecule has 1 aromatic carbocycles. The predicted molar refractivity (Wildman–Crippen MR) is 108 cm³/mol. The van der Waals surface area contributed by atoms with E-state index in [2.05, 4.69) is 25.2 Å². The zero-order valence-electron chi connectivity index (χ0n) is 16.8. The highest BCUT2D eigenvalue weighted by Gasteiger charge is 2.28.